The van der Waals surface area contributed by atoms with E-state index in [1.807, 2.05) is 0 Å². The molecule has 1 aliphatic rings. The topological polar surface area (TPSA) is 159 Å². The van der Waals surface area contributed by atoms with Gasteiger partial charge in [0.15, 0.2) is 11.6 Å². The molecule has 0 spiro atoms. The summed E-state index contributed by atoms with van der Waals surface area (Å²) in [4.78, 5) is 57.6. The summed E-state index contributed by atoms with van der Waals surface area (Å²) in [5.41, 5.74) is -0.372. The van der Waals surface area contributed by atoms with E-state index in [2.05, 4.69) is 31.2 Å². The fraction of sp³-hybridized carbons (Fsp3) is 0.360. The van der Waals surface area contributed by atoms with E-state index in [9.17, 15) is 28.0 Å². The Hall–Kier alpha value is -4.82. The van der Waals surface area contributed by atoms with Crippen LogP contribution in [0.5, 0.6) is 0 Å². The molecule has 1 aromatic carbocycles. The molecule has 1 fully saturated rings. The van der Waals surface area contributed by atoms with Crippen molar-refractivity contribution < 1.29 is 32.7 Å². The molecule has 1 saturated heterocycles. The van der Waals surface area contributed by atoms with Crippen LogP contribution in [0.2, 0.25) is 0 Å². The van der Waals surface area contributed by atoms with Crippen LogP contribution in [-0.2, 0) is 14.3 Å². The zero-order valence-electron chi connectivity index (χ0n) is 21.7. The predicted octanol–water partition coefficient (Wildman–Crippen LogP) is 1.21. The number of ether oxygens (including phenoxy) is 1. The summed E-state index contributed by atoms with van der Waals surface area (Å²) in [7, 11) is 0. The van der Waals surface area contributed by atoms with Gasteiger partial charge in [-0.2, -0.15) is 0 Å². The van der Waals surface area contributed by atoms with Gasteiger partial charge in [-0.25, -0.2) is 23.5 Å². The van der Waals surface area contributed by atoms with Crippen molar-refractivity contribution >= 4 is 41.0 Å². The van der Waals surface area contributed by atoms with Crippen LogP contribution in [0.15, 0.2) is 36.8 Å². The summed E-state index contributed by atoms with van der Waals surface area (Å²) >= 11 is 0. The van der Waals surface area contributed by atoms with Crippen LogP contribution >= 0.6 is 0 Å². The largest absolute Gasteiger partial charge is 0.442 e. The highest BCUT2D eigenvalue weighted by molar-refractivity contribution is 5.96. The Labute approximate surface area is 227 Å². The van der Waals surface area contributed by atoms with Crippen molar-refractivity contribution in [2.24, 2.45) is 0 Å². The third-order valence-electron chi connectivity index (χ3n) is 6.00. The van der Waals surface area contributed by atoms with E-state index >= 15 is 0 Å². The van der Waals surface area contributed by atoms with Gasteiger partial charge in [-0.1, -0.05) is 6.92 Å². The zero-order valence-corrected chi connectivity index (χ0v) is 21.7. The summed E-state index contributed by atoms with van der Waals surface area (Å²) < 4.78 is 36.1. The normalized spacial score (nSPS) is 15.4. The van der Waals surface area contributed by atoms with Gasteiger partial charge >= 0.3 is 6.09 Å². The lowest BCUT2D eigenvalue weighted by molar-refractivity contribution is -0.122. The number of hydrogen-bond acceptors (Lipinski definition) is 8. The average Bonchev–Trinajstić information content (AvgIpc) is 3.54. The van der Waals surface area contributed by atoms with Gasteiger partial charge in [-0.3, -0.25) is 23.7 Å². The molecule has 2 atom stereocenters. The molecule has 212 valence electrons. The zero-order chi connectivity index (χ0) is 28.8. The third-order valence-corrected chi connectivity index (χ3v) is 6.00. The van der Waals surface area contributed by atoms with Crippen molar-refractivity contribution in [1.82, 2.24) is 30.3 Å². The lowest BCUT2D eigenvalue weighted by Crippen LogP contribution is -2.46. The molecule has 0 bridgehead atoms. The first-order valence-corrected chi connectivity index (χ1v) is 12.5. The molecule has 4 amide bonds. The SMILES string of the molecule is CCC(=O)NC[C@H]1CN(c2cc(F)c(NCCNC(=O)[C@H](C)NC(=O)c3cn4cccnc4n3)c(F)c2)C(=O)O1. The third kappa shape index (κ3) is 6.59. The number of nitrogens with one attached hydrogen (secondary N) is 4. The fourth-order valence-corrected chi connectivity index (χ4v) is 3.88. The van der Waals surface area contributed by atoms with Gasteiger partial charge in [0.1, 0.15) is 23.5 Å². The predicted molar refractivity (Wildman–Crippen MR) is 139 cm³/mol. The second-order valence-corrected chi connectivity index (χ2v) is 8.92. The fourth-order valence-electron chi connectivity index (χ4n) is 3.88. The van der Waals surface area contributed by atoms with Crippen LogP contribution in [0.25, 0.3) is 5.78 Å². The number of hydrogen-bond donors (Lipinski definition) is 4. The second-order valence-electron chi connectivity index (χ2n) is 8.92. The number of amides is 4. The molecule has 4 N–H and O–H groups in total. The molecule has 13 nitrogen and oxygen atoms in total. The Bertz CT molecular complexity index is 1380. The quantitative estimate of drug-likeness (QED) is 0.256. The molecule has 2 aromatic heterocycles. The van der Waals surface area contributed by atoms with Gasteiger partial charge in [-0.05, 0) is 13.0 Å². The molecule has 3 heterocycles. The van der Waals surface area contributed by atoms with Crippen molar-refractivity contribution in [2.75, 3.05) is 36.4 Å². The first kappa shape index (κ1) is 28.2. The van der Waals surface area contributed by atoms with E-state index in [0.717, 1.165) is 17.0 Å². The van der Waals surface area contributed by atoms with Crippen LogP contribution in [0, 0.1) is 11.6 Å². The maximum absolute atomic E-state index is 14.7. The summed E-state index contributed by atoms with van der Waals surface area (Å²) in [6, 6.07) is 2.76. The number of cyclic esters (lactones) is 1. The van der Waals surface area contributed by atoms with E-state index in [-0.39, 0.29) is 49.9 Å². The first-order chi connectivity index (χ1) is 19.2. The molecule has 40 heavy (non-hydrogen) atoms. The number of nitrogens with zero attached hydrogens (tertiary/aromatic N) is 4. The molecule has 0 radical (unpaired) electrons. The molecule has 0 aliphatic carbocycles. The molecule has 15 heteroatoms. The molecule has 0 unspecified atom stereocenters. The number of carbonyl (C=O) groups excluding carboxylic acids is 4. The highest BCUT2D eigenvalue weighted by Crippen LogP contribution is 2.28. The van der Waals surface area contributed by atoms with Crippen LogP contribution in [0.3, 0.4) is 0 Å². The Kier molecular flexibility index (Phi) is 8.71. The van der Waals surface area contributed by atoms with Crippen LogP contribution in [-0.4, -0.2) is 76.5 Å². The van der Waals surface area contributed by atoms with Crippen LogP contribution in [0.4, 0.5) is 25.0 Å². The first-order valence-electron chi connectivity index (χ1n) is 12.5. The Balaban J connectivity index is 1.24. The maximum Gasteiger partial charge on any atom is 0.414 e. The Morgan fingerprint density at radius 2 is 1.93 bits per heavy atom. The lowest BCUT2D eigenvalue weighted by Gasteiger charge is -2.17. The molecule has 0 saturated carbocycles. The summed E-state index contributed by atoms with van der Waals surface area (Å²) in [5.74, 6) is -2.83. The molecular formula is C25H28F2N8O5. The Morgan fingerprint density at radius 3 is 2.62 bits per heavy atom. The number of carbonyl (C=O) groups is 4. The second kappa shape index (κ2) is 12.4. The highest BCUT2D eigenvalue weighted by atomic mass is 19.1. The van der Waals surface area contributed by atoms with Gasteiger partial charge in [0.05, 0.1) is 18.8 Å². The van der Waals surface area contributed by atoms with Crippen molar-refractivity contribution in [3.05, 3.63) is 54.1 Å². The minimum Gasteiger partial charge on any atom is -0.442 e. The van der Waals surface area contributed by atoms with Crippen molar-refractivity contribution in [3.8, 4) is 0 Å². The number of halogens is 2. The summed E-state index contributed by atoms with van der Waals surface area (Å²) in [5, 5.41) is 10.3. The standard InChI is InChI=1S/C25H28F2N8O5/c1-3-20(36)31-11-16-12-35(25(39)40-16)15-9-17(26)21(18(27)10-15)28-6-7-29-22(37)14(2)32-23(38)19-13-34-8-4-5-30-24(34)33-19/h4-5,8-10,13-14,16,28H,3,6-7,11-12H2,1-2H3,(H,29,37)(H,31,36)(H,32,38)/t14-,16-/m0/s1. The van der Waals surface area contributed by atoms with Gasteiger partial charge < -0.3 is 26.0 Å². The molecule has 1 aliphatic heterocycles. The number of benzene rings is 1. The lowest BCUT2D eigenvalue weighted by atomic mass is 10.2. The van der Waals surface area contributed by atoms with Crippen LogP contribution < -0.4 is 26.2 Å². The number of fused-ring (bicyclic) bond motifs is 1. The van der Waals surface area contributed by atoms with Crippen molar-refractivity contribution in [1.29, 1.82) is 0 Å². The van der Waals surface area contributed by atoms with Crippen molar-refractivity contribution in [2.45, 2.75) is 32.4 Å². The van der Waals surface area contributed by atoms with E-state index in [1.165, 1.54) is 19.3 Å². The number of imidazole rings is 1. The number of rotatable bonds is 11. The highest BCUT2D eigenvalue weighted by Gasteiger charge is 2.33. The Morgan fingerprint density at radius 1 is 1.18 bits per heavy atom. The van der Waals surface area contributed by atoms with E-state index in [1.54, 1.807) is 23.6 Å². The summed E-state index contributed by atoms with van der Waals surface area (Å²) in [6.07, 6.45) is 3.55. The van der Waals surface area contributed by atoms with E-state index in [0.29, 0.717) is 5.78 Å². The van der Waals surface area contributed by atoms with Gasteiger partial charge in [0, 0.05) is 50.2 Å². The molecule has 3 aromatic rings. The number of anilines is 2. The van der Waals surface area contributed by atoms with Gasteiger partial charge in [0.25, 0.3) is 5.91 Å². The summed E-state index contributed by atoms with van der Waals surface area (Å²) in [6.45, 7) is 3.25. The smallest absolute Gasteiger partial charge is 0.414 e. The average molecular weight is 559 g/mol. The minimum atomic E-state index is -0.945. The van der Waals surface area contributed by atoms with Gasteiger partial charge in [-0.15, -0.1) is 0 Å². The van der Waals surface area contributed by atoms with Gasteiger partial charge in [0.2, 0.25) is 17.6 Å². The minimum absolute atomic E-state index is 0.00156. The van der Waals surface area contributed by atoms with E-state index in [4.69, 9.17) is 4.74 Å². The molecular weight excluding hydrogens is 530 g/mol. The maximum atomic E-state index is 14.7. The van der Waals surface area contributed by atoms with Crippen molar-refractivity contribution in [3.63, 3.8) is 0 Å². The van der Waals surface area contributed by atoms with Crippen LogP contribution in [0.1, 0.15) is 30.8 Å². The monoisotopic (exact) mass is 558 g/mol. The molecule has 4 rings (SSSR count). The van der Waals surface area contributed by atoms with E-state index < -0.39 is 47.4 Å². The number of aromatic nitrogens is 3.